The van der Waals surface area contributed by atoms with Gasteiger partial charge >= 0.3 is 5.97 Å². The molecule has 1 aliphatic carbocycles. The van der Waals surface area contributed by atoms with Crippen LogP contribution in [-0.2, 0) is 14.4 Å². The van der Waals surface area contributed by atoms with Crippen molar-refractivity contribution in [3.8, 4) is 0 Å². The van der Waals surface area contributed by atoms with Crippen molar-refractivity contribution in [1.29, 1.82) is 0 Å². The van der Waals surface area contributed by atoms with Gasteiger partial charge in [-0.1, -0.05) is 15.9 Å². The van der Waals surface area contributed by atoms with Gasteiger partial charge < -0.3 is 15.7 Å². The van der Waals surface area contributed by atoms with Gasteiger partial charge in [-0.25, -0.2) is 0 Å². The van der Waals surface area contributed by atoms with Gasteiger partial charge in [-0.3, -0.25) is 14.4 Å². The van der Waals surface area contributed by atoms with E-state index < -0.39 is 17.8 Å². The summed E-state index contributed by atoms with van der Waals surface area (Å²) in [7, 11) is 0. The van der Waals surface area contributed by atoms with Gasteiger partial charge in [-0.15, -0.1) is 0 Å². The first-order valence-corrected chi connectivity index (χ1v) is 7.32. The third-order valence-electron chi connectivity index (χ3n) is 3.22. The smallest absolute Gasteiger partial charge is 0.307 e. The number of carbonyl (C=O) groups excluding carboxylic acids is 2. The van der Waals surface area contributed by atoms with Crippen LogP contribution in [0.3, 0.4) is 0 Å². The number of aliphatic carboxylic acids is 1. The minimum Gasteiger partial charge on any atom is -0.481 e. The van der Waals surface area contributed by atoms with Crippen molar-refractivity contribution in [3.05, 3.63) is 28.7 Å². The molecular weight excluding hydrogens is 340 g/mol. The molecular formula is C14H15BrN2O4. The molecule has 0 heterocycles. The molecule has 2 amide bonds. The summed E-state index contributed by atoms with van der Waals surface area (Å²) in [5.41, 5.74) is 0.683. The molecule has 0 aromatic heterocycles. The summed E-state index contributed by atoms with van der Waals surface area (Å²) < 4.78 is 0.921. The Morgan fingerprint density at radius 2 is 1.86 bits per heavy atom. The molecule has 3 N–H and O–H groups in total. The number of hydrogen-bond acceptors (Lipinski definition) is 3. The summed E-state index contributed by atoms with van der Waals surface area (Å²) in [4.78, 5) is 33.9. The molecule has 1 saturated carbocycles. The third kappa shape index (κ3) is 4.56. The zero-order chi connectivity index (χ0) is 15.4. The van der Waals surface area contributed by atoms with Crippen LogP contribution in [0.4, 0.5) is 5.69 Å². The zero-order valence-electron chi connectivity index (χ0n) is 11.1. The third-order valence-corrected chi connectivity index (χ3v) is 3.75. The lowest BCUT2D eigenvalue weighted by atomic mass is 10.3. The van der Waals surface area contributed by atoms with Crippen molar-refractivity contribution in [2.45, 2.75) is 12.8 Å². The van der Waals surface area contributed by atoms with E-state index in [9.17, 15) is 14.4 Å². The standard InChI is InChI=1S/C14H15BrN2O4/c15-8-1-3-9(4-2-8)17-12(18)5-6-16-13(19)10-7-11(10)14(20)21/h1-4,10-11H,5-7H2,(H,16,19)(H,17,18)(H,20,21). The molecule has 0 spiro atoms. The van der Waals surface area contributed by atoms with E-state index in [0.717, 1.165) is 4.47 Å². The maximum Gasteiger partial charge on any atom is 0.307 e. The second-order valence-electron chi connectivity index (χ2n) is 4.88. The number of hydrogen-bond donors (Lipinski definition) is 3. The summed E-state index contributed by atoms with van der Waals surface area (Å²) in [6.07, 6.45) is 0.526. The van der Waals surface area contributed by atoms with E-state index in [0.29, 0.717) is 12.1 Å². The van der Waals surface area contributed by atoms with Crippen LogP contribution in [0.2, 0.25) is 0 Å². The fraction of sp³-hybridized carbons (Fsp3) is 0.357. The van der Waals surface area contributed by atoms with Crippen molar-refractivity contribution in [1.82, 2.24) is 5.32 Å². The lowest BCUT2D eigenvalue weighted by molar-refractivity contribution is -0.140. The van der Waals surface area contributed by atoms with E-state index in [-0.39, 0.29) is 24.8 Å². The molecule has 112 valence electrons. The van der Waals surface area contributed by atoms with Crippen LogP contribution in [0, 0.1) is 11.8 Å². The highest BCUT2D eigenvalue weighted by Crippen LogP contribution is 2.38. The molecule has 0 bridgehead atoms. The van der Waals surface area contributed by atoms with Crippen molar-refractivity contribution in [2.24, 2.45) is 11.8 Å². The number of carboxylic acids is 1. The lowest BCUT2D eigenvalue weighted by Gasteiger charge is -2.06. The van der Waals surface area contributed by atoms with Crippen LogP contribution in [-0.4, -0.2) is 29.4 Å². The SMILES string of the molecule is O=C(CCNC(=O)C1CC1C(=O)O)Nc1ccc(Br)cc1. The number of amides is 2. The number of carboxylic acid groups (broad SMARTS) is 1. The molecule has 0 radical (unpaired) electrons. The lowest BCUT2D eigenvalue weighted by Crippen LogP contribution is -2.29. The predicted octanol–water partition coefficient (Wildman–Crippen LogP) is 1.61. The molecule has 7 heteroatoms. The minimum atomic E-state index is -0.942. The zero-order valence-corrected chi connectivity index (χ0v) is 12.7. The number of anilines is 1. The monoisotopic (exact) mass is 354 g/mol. The number of benzene rings is 1. The first kappa shape index (κ1) is 15.5. The van der Waals surface area contributed by atoms with Gasteiger partial charge in [0.15, 0.2) is 0 Å². The number of carbonyl (C=O) groups is 3. The molecule has 2 unspecified atom stereocenters. The Balaban J connectivity index is 1.67. The summed E-state index contributed by atoms with van der Waals surface area (Å²) in [5.74, 6) is -2.45. The van der Waals surface area contributed by atoms with Gasteiger partial charge in [-0.05, 0) is 30.7 Å². The Morgan fingerprint density at radius 3 is 2.43 bits per heavy atom. The molecule has 0 aliphatic heterocycles. The van der Waals surface area contributed by atoms with Crippen molar-refractivity contribution < 1.29 is 19.5 Å². The van der Waals surface area contributed by atoms with E-state index in [1.807, 2.05) is 12.1 Å². The van der Waals surface area contributed by atoms with Crippen LogP contribution in [0.15, 0.2) is 28.7 Å². The fourth-order valence-corrected chi connectivity index (χ4v) is 2.21. The molecule has 21 heavy (non-hydrogen) atoms. The normalized spacial score (nSPS) is 19.7. The largest absolute Gasteiger partial charge is 0.481 e. The van der Waals surface area contributed by atoms with Crippen LogP contribution >= 0.6 is 15.9 Å². The highest BCUT2D eigenvalue weighted by Gasteiger charge is 2.48. The van der Waals surface area contributed by atoms with Gasteiger partial charge in [0, 0.05) is 23.1 Å². The maximum atomic E-state index is 11.7. The summed E-state index contributed by atoms with van der Waals surface area (Å²) in [6.45, 7) is 0.198. The molecule has 1 aromatic rings. The summed E-state index contributed by atoms with van der Waals surface area (Å²) in [6, 6.07) is 7.16. The molecule has 2 atom stereocenters. The Bertz CT molecular complexity index is 559. The van der Waals surface area contributed by atoms with E-state index in [1.54, 1.807) is 12.1 Å². The van der Waals surface area contributed by atoms with Crippen LogP contribution < -0.4 is 10.6 Å². The molecule has 0 saturated heterocycles. The van der Waals surface area contributed by atoms with E-state index in [4.69, 9.17) is 5.11 Å². The Kier molecular flexibility index (Phi) is 4.95. The average Bonchev–Trinajstić information content (AvgIpc) is 3.22. The van der Waals surface area contributed by atoms with Gasteiger partial charge in [0.1, 0.15) is 0 Å². The number of nitrogens with one attached hydrogen (secondary N) is 2. The van der Waals surface area contributed by atoms with Crippen LogP contribution in [0.25, 0.3) is 0 Å². The van der Waals surface area contributed by atoms with Crippen molar-refractivity contribution >= 4 is 39.4 Å². The highest BCUT2D eigenvalue weighted by atomic mass is 79.9. The van der Waals surface area contributed by atoms with Crippen molar-refractivity contribution in [3.63, 3.8) is 0 Å². The first-order chi connectivity index (χ1) is 9.97. The molecule has 2 rings (SSSR count). The molecule has 1 fully saturated rings. The minimum absolute atomic E-state index is 0.145. The number of rotatable bonds is 6. The first-order valence-electron chi connectivity index (χ1n) is 6.53. The van der Waals surface area contributed by atoms with Crippen LogP contribution in [0.1, 0.15) is 12.8 Å². The second kappa shape index (κ2) is 6.71. The topological polar surface area (TPSA) is 95.5 Å². The Morgan fingerprint density at radius 1 is 1.19 bits per heavy atom. The molecule has 1 aromatic carbocycles. The average molecular weight is 355 g/mol. The van der Waals surface area contributed by atoms with Crippen LogP contribution in [0.5, 0.6) is 0 Å². The summed E-state index contributed by atoms with van der Waals surface area (Å²) in [5, 5.41) is 14.0. The highest BCUT2D eigenvalue weighted by molar-refractivity contribution is 9.10. The summed E-state index contributed by atoms with van der Waals surface area (Å²) >= 11 is 3.30. The quantitative estimate of drug-likeness (QED) is 0.723. The number of halogens is 1. The van der Waals surface area contributed by atoms with E-state index >= 15 is 0 Å². The van der Waals surface area contributed by atoms with Gasteiger partial charge in [-0.2, -0.15) is 0 Å². The Hall–Kier alpha value is -1.89. The van der Waals surface area contributed by atoms with E-state index in [1.165, 1.54) is 0 Å². The van der Waals surface area contributed by atoms with Crippen molar-refractivity contribution in [2.75, 3.05) is 11.9 Å². The molecule has 1 aliphatic rings. The second-order valence-corrected chi connectivity index (χ2v) is 5.80. The van der Waals surface area contributed by atoms with Gasteiger partial charge in [0.05, 0.1) is 11.8 Å². The van der Waals surface area contributed by atoms with E-state index in [2.05, 4.69) is 26.6 Å². The van der Waals surface area contributed by atoms with Gasteiger partial charge in [0.2, 0.25) is 11.8 Å². The predicted molar refractivity (Wildman–Crippen MR) is 79.6 cm³/mol. The Labute approximate surface area is 130 Å². The van der Waals surface area contributed by atoms with Gasteiger partial charge in [0.25, 0.3) is 0 Å². The fourth-order valence-electron chi connectivity index (χ4n) is 1.94. The molecule has 6 nitrogen and oxygen atoms in total. The maximum absolute atomic E-state index is 11.7.